The fraction of sp³-hybridized carbons (Fsp3) is 0.143. The van der Waals surface area contributed by atoms with E-state index < -0.39 is 5.82 Å². The third-order valence-corrected chi connectivity index (χ3v) is 2.80. The minimum absolute atomic E-state index is 0.146. The van der Waals surface area contributed by atoms with Crippen LogP contribution >= 0.6 is 0 Å². The molecule has 5 heteroatoms. The minimum atomic E-state index is -0.399. The Morgan fingerprint density at radius 2 is 2.21 bits per heavy atom. The summed E-state index contributed by atoms with van der Waals surface area (Å²) in [5.41, 5.74) is 7.64. The lowest BCUT2D eigenvalue weighted by atomic mass is 10.1. The normalized spacial score (nSPS) is 10.2. The third kappa shape index (κ3) is 3.07. The number of rotatable bonds is 4. The van der Waals surface area contributed by atoms with Gasteiger partial charge in [-0.3, -0.25) is 10.4 Å². The topological polar surface area (TPSA) is 66.0 Å². The first-order valence-corrected chi connectivity index (χ1v) is 5.82. The smallest absolute Gasteiger partial charge is 0.125 e. The van der Waals surface area contributed by atoms with Gasteiger partial charge in [0.05, 0.1) is 0 Å². The molecule has 0 saturated carbocycles. The summed E-state index contributed by atoms with van der Waals surface area (Å²) in [6, 6.07) is 8.08. The molecule has 0 unspecified atom stereocenters. The molecule has 3 N–H and O–H groups in total. The highest BCUT2D eigenvalue weighted by atomic mass is 19.1. The molecule has 0 aliphatic carbocycles. The number of hydrogen-bond donors (Lipinski definition) is 2. The third-order valence-electron chi connectivity index (χ3n) is 2.80. The van der Waals surface area contributed by atoms with Crippen LogP contribution in [0.2, 0.25) is 0 Å². The summed E-state index contributed by atoms with van der Waals surface area (Å²) >= 11 is 0. The zero-order valence-corrected chi connectivity index (χ0v) is 10.6. The molecule has 98 valence electrons. The van der Waals surface area contributed by atoms with Gasteiger partial charge in [-0.1, -0.05) is 6.07 Å². The Balaban J connectivity index is 2.28. The molecule has 19 heavy (non-hydrogen) atoms. The first kappa shape index (κ1) is 13.0. The molecule has 0 atom stereocenters. The van der Waals surface area contributed by atoms with Gasteiger partial charge in [0, 0.05) is 37.2 Å². The minimum Gasteiger partial charge on any atom is -0.384 e. The van der Waals surface area contributed by atoms with Crippen molar-refractivity contribution >= 4 is 11.5 Å². The SMILES string of the molecule is CN(Cc1cccnc1)c1ccc(F)cc1C(=N)N. The van der Waals surface area contributed by atoms with Gasteiger partial charge in [-0.25, -0.2) is 4.39 Å². The van der Waals surface area contributed by atoms with E-state index in [0.717, 1.165) is 11.3 Å². The summed E-state index contributed by atoms with van der Waals surface area (Å²) in [7, 11) is 1.87. The Hall–Kier alpha value is -2.43. The molecule has 0 radical (unpaired) electrons. The second kappa shape index (κ2) is 5.48. The number of benzene rings is 1. The van der Waals surface area contributed by atoms with E-state index in [1.54, 1.807) is 18.5 Å². The summed E-state index contributed by atoms with van der Waals surface area (Å²) < 4.78 is 13.2. The fourth-order valence-corrected chi connectivity index (χ4v) is 1.91. The number of nitrogens with one attached hydrogen (secondary N) is 1. The van der Waals surface area contributed by atoms with Crippen LogP contribution in [0.5, 0.6) is 0 Å². The van der Waals surface area contributed by atoms with Crippen molar-refractivity contribution < 1.29 is 4.39 Å². The van der Waals surface area contributed by atoms with E-state index in [1.807, 2.05) is 24.1 Å². The van der Waals surface area contributed by atoms with Crippen LogP contribution in [0.4, 0.5) is 10.1 Å². The van der Waals surface area contributed by atoms with Crippen LogP contribution in [0, 0.1) is 11.2 Å². The number of pyridine rings is 1. The monoisotopic (exact) mass is 258 g/mol. The van der Waals surface area contributed by atoms with Gasteiger partial charge in [-0.15, -0.1) is 0 Å². The molecule has 0 spiro atoms. The number of aromatic nitrogens is 1. The maximum atomic E-state index is 13.2. The van der Waals surface area contributed by atoms with Gasteiger partial charge in [-0.05, 0) is 29.8 Å². The van der Waals surface area contributed by atoms with Crippen LogP contribution in [0.15, 0.2) is 42.7 Å². The second-order valence-corrected chi connectivity index (χ2v) is 4.29. The highest BCUT2D eigenvalue weighted by molar-refractivity contribution is 6.00. The molecule has 0 aliphatic heterocycles. The molecular formula is C14H15FN4. The van der Waals surface area contributed by atoms with Crippen molar-refractivity contribution in [1.82, 2.24) is 4.98 Å². The van der Waals surface area contributed by atoms with Crippen LogP contribution in [-0.4, -0.2) is 17.9 Å². The molecule has 0 aliphatic rings. The summed E-state index contributed by atoms with van der Waals surface area (Å²) in [6.45, 7) is 0.611. The number of halogens is 1. The Labute approximate surface area is 111 Å². The number of anilines is 1. The van der Waals surface area contributed by atoms with Crippen LogP contribution in [0.25, 0.3) is 0 Å². The Morgan fingerprint density at radius 3 is 2.84 bits per heavy atom. The van der Waals surface area contributed by atoms with Gasteiger partial charge in [0.1, 0.15) is 11.7 Å². The summed E-state index contributed by atoms with van der Waals surface area (Å²) in [5.74, 6) is -0.545. The molecule has 1 aromatic carbocycles. The van der Waals surface area contributed by atoms with E-state index in [2.05, 4.69) is 4.98 Å². The number of nitrogens with zero attached hydrogens (tertiary/aromatic N) is 2. The molecule has 0 amide bonds. The van der Waals surface area contributed by atoms with Gasteiger partial charge < -0.3 is 10.6 Å². The predicted molar refractivity (Wildman–Crippen MR) is 73.8 cm³/mol. The van der Waals surface area contributed by atoms with Crippen LogP contribution in [0.1, 0.15) is 11.1 Å². The molecule has 1 aromatic heterocycles. The van der Waals surface area contributed by atoms with Gasteiger partial charge >= 0.3 is 0 Å². The maximum absolute atomic E-state index is 13.2. The standard InChI is InChI=1S/C14H15FN4/c1-19(9-10-3-2-6-18-8-10)13-5-4-11(15)7-12(13)14(16)17/h2-8H,9H2,1H3,(H3,16,17). The van der Waals surface area contributed by atoms with E-state index in [-0.39, 0.29) is 5.84 Å². The quantitative estimate of drug-likeness (QED) is 0.652. The van der Waals surface area contributed by atoms with Crippen molar-refractivity contribution in [2.24, 2.45) is 5.73 Å². The zero-order valence-electron chi connectivity index (χ0n) is 10.6. The van der Waals surface area contributed by atoms with Crippen LogP contribution < -0.4 is 10.6 Å². The van der Waals surface area contributed by atoms with Crippen LogP contribution in [0.3, 0.4) is 0 Å². The predicted octanol–water partition coefficient (Wildman–Crippen LogP) is 2.14. The zero-order chi connectivity index (χ0) is 13.8. The van der Waals surface area contributed by atoms with E-state index in [4.69, 9.17) is 11.1 Å². The lowest BCUT2D eigenvalue weighted by molar-refractivity contribution is 0.627. The number of nitrogens with two attached hydrogens (primary N) is 1. The Kier molecular flexibility index (Phi) is 3.75. The van der Waals surface area contributed by atoms with Crippen molar-refractivity contribution in [3.05, 3.63) is 59.7 Å². The van der Waals surface area contributed by atoms with Crippen LogP contribution in [-0.2, 0) is 6.54 Å². The molecule has 2 aromatic rings. The average Bonchev–Trinajstić information content (AvgIpc) is 2.39. The van der Waals surface area contributed by atoms with E-state index >= 15 is 0 Å². The average molecular weight is 258 g/mol. The number of nitrogen functional groups attached to an aromatic ring is 1. The summed E-state index contributed by atoms with van der Waals surface area (Å²) in [5, 5.41) is 7.52. The molecule has 0 bridgehead atoms. The maximum Gasteiger partial charge on any atom is 0.125 e. The molecule has 0 saturated heterocycles. The lowest BCUT2D eigenvalue weighted by Gasteiger charge is -2.22. The van der Waals surface area contributed by atoms with E-state index in [9.17, 15) is 4.39 Å². The van der Waals surface area contributed by atoms with E-state index in [1.165, 1.54) is 12.1 Å². The largest absolute Gasteiger partial charge is 0.384 e. The first-order chi connectivity index (χ1) is 9.08. The molecule has 1 heterocycles. The first-order valence-electron chi connectivity index (χ1n) is 5.82. The Morgan fingerprint density at radius 1 is 1.42 bits per heavy atom. The summed E-state index contributed by atoms with van der Waals surface area (Å²) in [4.78, 5) is 5.96. The van der Waals surface area contributed by atoms with Gasteiger partial charge in [0.2, 0.25) is 0 Å². The lowest BCUT2D eigenvalue weighted by Crippen LogP contribution is -2.22. The van der Waals surface area contributed by atoms with Crippen molar-refractivity contribution in [3.8, 4) is 0 Å². The van der Waals surface area contributed by atoms with Crippen molar-refractivity contribution in [3.63, 3.8) is 0 Å². The van der Waals surface area contributed by atoms with Crippen molar-refractivity contribution in [2.45, 2.75) is 6.54 Å². The Bertz CT molecular complexity index is 583. The number of hydrogen-bond acceptors (Lipinski definition) is 3. The molecule has 4 nitrogen and oxygen atoms in total. The molecular weight excluding hydrogens is 243 g/mol. The fourth-order valence-electron chi connectivity index (χ4n) is 1.91. The molecule has 2 rings (SSSR count). The van der Waals surface area contributed by atoms with Gasteiger partial charge in [0.25, 0.3) is 0 Å². The van der Waals surface area contributed by atoms with Gasteiger partial charge in [-0.2, -0.15) is 0 Å². The highest BCUT2D eigenvalue weighted by Crippen LogP contribution is 2.21. The highest BCUT2D eigenvalue weighted by Gasteiger charge is 2.11. The van der Waals surface area contributed by atoms with Crippen molar-refractivity contribution in [1.29, 1.82) is 5.41 Å². The van der Waals surface area contributed by atoms with E-state index in [0.29, 0.717) is 12.1 Å². The second-order valence-electron chi connectivity index (χ2n) is 4.29. The molecule has 0 fully saturated rings. The number of amidine groups is 1. The van der Waals surface area contributed by atoms with Gasteiger partial charge in [0.15, 0.2) is 0 Å². The summed E-state index contributed by atoms with van der Waals surface area (Å²) in [6.07, 6.45) is 3.48. The van der Waals surface area contributed by atoms with Crippen molar-refractivity contribution in [2.75, 3.05) is 11.9 Å².